The first-order valence-electron chi connectivity index (χ1n) is 8.12. The van der Waals surface area contributed by atoms with E-state index in [4.69, 9.17) is 4.42 Å². The van der Waals surface area contributed by atoms with Crippen LogP contribution in [-0.2, 0) is 24.4 Å². The van der Waals surface area contributed by atoms with Gasteiger partial charge < -0.3 is 13.9 Å². The molecular weight excluding hydrogens is 336 g/mol. The monoisotopic (exact) mass is 356 g/mol. The fourth-order valence-electron chi connectivity index (χ4n) is 2.67. The average Bonchev–Trinajstić information content (AvgIpc) is 3.24. The van der Waals surface area contributed by atoms with E-state index in [0.29, 0.717) is 19.6 Å². The molecule has 6 heteroatoms. The minimum atomic E-state index is -0.0223. The molecular formula is C19H20N2O3S. The van der Waals surface area contributed by atoms with Gasteiger partial charge in [0.15, 0.2) is 0 Å². The van der Waals surface area contributed by atoms with Gasteiger partial charge in [-0.05, 0) is 24.6 Å². The normalized spacial score (nSPS) is 10.8. The summed E-state index contributed by atoms with van der Waals surface area (Å²) in [5.41, 5.74) is 1.95. The van der Waals surface area contributed by atoms with Crippen LogP contribution in [0.2, 0.25) is 0 Å². The van der Waals surface area contributed by atoms with Crippen molar-refractivity contribution in [2.75, 3.05) is 0 Å². The summed E-state index contributed by atoms with van der Waals surface area (Å²) >= 11 is 1.16. The Morgan fingerprint density at radius 2 is 1.96 bits per heavy atom. The van der Waals surface area contributed by atoms with Crippen LogP contribution in [-0.4, -0.2) is 15.4 Å². The van der Waals surface area contributed by atoms with E-state index in [2.05, 4.69) is 0 Å². The highest BCUT2D eigenvalue weighted by atomic mass is 32.1. The quantitative estimate of drug-likeness (QED) is 0.652. The lowest BCUT2D eigenvalue weighted by molar-refractivity contribution is -0.133. The predicted molar refractivity (Wildman–Crippen MR) is 97.3 cm³/mol. The highest BCUT2D eigenvalue weighted by Gasteiger charge is 2.16. The van der Waals surface area contributed by atoms with Gasteiger partial charge >= 0.3 is 4.87 Å². The largest absolute Gasteiger partial charge is 0.467 e. The van der Waals surface area contributed by atoms with Crippen LogP contribution in [0.15, 0.2) is 63.3 Å². The molecule has 5 nitrogen and oxygen atoms in total. The van der Waals surface area contributed by atoms with E-state index in [9.17, 15) is 9.59 Å². The standard InChI is InChI=1S/C19H20N2O3S/c1-15-14-25-19(23)21(15)10-9-18(22)20(13-17-8-5-11-24-17)12-16-6-3-2-4-7-16/h2-8,11,14H,9-10,12-13H2,1H3. The van der Waals surface area contributed by atoms with Crippen LogP contribution in [0.25, 0.3) is 0 Å². The number of aryl methyl sites for hydroxylation is 1. The van der Waals surface area contributed by atoms with E-state index in [1.54, 1.807) is 15.7 Å². The Labute approximate surface area is 150 Å². The molecule has 0 N–H and O–H groups in total. The number of amides is 1. The molecule has 0 radical (unpaired) electrons. The van der Waals surface area contributed by atoms with Crippen LogP contribution in [0, 0.1) is 6.92 Å². The van der Waals surface area contributed by atoms with Crippen LogP contribution in [0.4, 0.5) is 0 Å². The molecule has 0 unspecified atom stereocenters. The number of rotatable bonds is 7. The maximum atomic E-state index is 12.8. The van der Waals surface area contributed by atoms with E-state index >= 15 is 0 Å². The van der Waals surface area contributed by atoms with Gasteiger partial charge in [-0.3, -0.25) is 9.59 Å². The Kier molecular flexibility index (Phi) is 5.50. The minimum Gasteiger partial charge on any atom is -0.467 e. The van der Waals surface area contributed by atoms with Crippen molar-refractivity contribution < 1.29 is 9.21 Å². The maximum Gasteiger partial charge on any atom is 0.307 e. The summed E-state index contributed by atoms with van der Waals surface area (Å²) in [7, 11) is 0. The number of carbonyl (C=O) groups excluding carboxylic acids is 1. The molecule has 0 fully saturated rings. The van der Waals surface area contributed by atoms with Gasteiger partial charge in [-0.2, -0.15) is 0 Å². The van der Waals surface area contributed by atoms with E-state index in [0.717, 1.165) is 28.4 Å². The van der Waals surface area contributed by atoms with Crippen LogP contribution in [0.1, 0.15) is 23.4 Å². The third-order valence-electron chi connectivity index (χ3n) is 4.02. The lowest BCUT2D eigenvalue weighted by Gasteiger charge is -2.22. The lowest BCUT2D eigenvalue weighted by atomic mass is 10.2. The highest BCUT2D eigenvalue weighted by Crippen LogP contribution is 2.13. The molecule has 0 saturated carbocycles. The number of hydrogen-bond acceptors (Lipinski definition) is 4. The van der Waals surface area contributed by atoms with E-state index in [1.807, 2.05) is 54.8 Å². The second-order valence-corrected chi connectivity index (χ2v) is 6.68. The van der Waals surface area contributed by atoms with Gasteiger partial charge in [0.2, 0.25) is 5.91 Å². The van der Waals surface area contributed by atoms with E-state index in [1.165, 1.54) is 0 Å². The number of thiazole rings is 1. The highest BCUT2D eigenvalue weighted by molar-refractivity contribution is 7.07. The molecule has 2 heterocycles. The first-order chi connectivity index (χ1) is 12.1. The molecule has 0 aliphatic carbocycles. The number of furan rings is 1. The topological polar surface area (TPSA) is 55.5 Å². The van der Waals surface area contributed by atoms with Crippen molar-refractivity contribution in [2.45, 2.75) is 33.0 Å². The summed E-state index contributed by atoms with van der Waals surface area (Å²) in [5.74, 6) is 0.742. The Hall–Kier alpha value is -2.60. The fourth-order valence-corrected chi connectivity index (χ4v) is 3.43. The molecule has 2 aromatic heterocycles. The first-order valence-corrected chi connectivity index (χ1v) is 9.00. The van der Waals surface area contributed by atoms with E-state index in [-0.39, 0.29) is 17.2 Å². The zero-order valence-corrected chi connectivity index (χ0v) is 14.9. The summed E-state index contributed by atoms with van der Waals surface area (Å²) in [4.78, 5) is 26.3. The average molecular weight is 356 g/mol. The van der Waals surface area contributed by atoms with Gasteiger partial charge in [-0.1, -0.05) is 41.7 Å². The summed E-state index contributed by atoms with van der Waals surface area (Å²) in [6.45, 7) is 3.21. The number of hydrogen-bond donors (Lipinski definition) is 0. The molecule has 0 bridgehead atoms. The van der Waals surface area contributed by atoms with Crippen LogP contribution in [0.5, 0.6) is 0 Å². The third-order valence-corrected chi connectivity index (χ3v) is 4.90. The molecule has 0 aliphatic heterocycles. The smallest absolute Gasteiger partial charge is 0.307 e. The molecule has 3 aromatic rings. The second kappa shape index (κ2) is 7.98. The van der Waals surface area contributed by atoms with Gasteiger partial charge in [0.1, 0.15) is 5.76 Å². The first kappa shape index (κ1) is 17.2. The second-order valence-electron chi connectivity index (χ2n) is 5.86. The molecule has 25 heavy (non-hydrogen) atoms. The summed E-state index contributed by atoms with van der Waals surface area (Å²) in [6, 6.07) is 13.5. The molecule has 130 valence electrons. The van der Waals surface area contributed by atoms with Gasteiger partial charge in [0.05, 0.1) is 12.8 Å². The number of nitrogens with zero attached hydrogens (tertiary/aromatic N) is 2. The van der Waals surface area contributed by atoms with Crippen molar-refractivity contribution in [3.05, 3.63) is 80.8 Å². The molecule has 0 atom stereocenters. The predicted octanol–water partition coefficient (Wildman–Crippen LogP) is 3.43. The zero-order chi connectivity index (χ0) is 17.6. The lowest BCUT2D eigenvalue weighted by Crippen LogP contribution is -2.31. The Morgan fingerprint density at radius 3 is 2.60 bits per heavy atom. The molecule has 0 saturated heterocycles. The molecule has 0 spiro atoms. The van der Waals surface area contributed by atoms with Crippen LogP contribution < -0.4 is 4.87 Å². The van der Waals surface area contributed by atoms with Crippen molar-refractivity contribution in [1.29, 1.82) is 0 Å². The Morgan fingerprint density at radius 1 is 1.16 bits per heavy atom. The number of benzene rings is 1. The van der Waals surface area contributed by atoms with Crippen molar-refractivity contribution in [2.24, 2.45) is 0 Å². The van der Waals surface area contributed by atoms with Gasteiger partial charge in [-0.25, -0.2) is 0 Å². The molecule has 1 amide bonds. The summed E-state index contributed by atoms with van der Waals surface area (Å²) < 4.78 is 7.04. The Bertz CT molecular complexity index is 866. The molecule has 0 aliphatic rings. The Balaban J connectivity index is 1.71. The molecule has 1 aromatic carbocycles. The maximum absolute atomic E-state index is 12.8. The SMILES string of the molecule is Cc1csc(=O)n1CCC(=O)N(Cc1ccccc1)Cc1ccco1. The van der Waals surface area contributed by atoms with Crippen molar-refractivity contribution in [1.82, 2.24) is 9.47 Å². The summed E-state index contributed by atoms with van der Waals surface area (Å²) in [5, 5.41) is 1.82. The minimum absolute atomic E-state index is 0.00208. The van der Waals surface area contributed by atoms with Crippen molar-refractivity contribution >= 4 is 17.2 Å². The fraction of sp³-hybridized carbons (Fsp3) is 0.263. The van der Waals surface area contributed by atoms with Gasteiger partial charge in [0.25, 0.3) is 0 Å². The third kappa shape index (κ3) is 4.48. The summed E-state index contributed by atoms with van der Waals surface area (Å²) in [6.07, 6.45) is 1.89. The van der Waals surface area contributed by atoms with Crippen molar-refractivity contribution in [3.63, 3.8) is 0 Å². The van der Waals surface area contributed by atoms with Crippen LogP contribution in [0.3, 0.4) is 0 Å². The van der Waals surface area contributed by atoms with Gasteiger partial charge in [0, 0.05) is 30.6 Å². The van der Waals surface area contributed by atoms with E-state index < -0.39 is 0 Å². The number of carbonyl (C=O) groups is 1. The molecule has 3 rings (SSSR count). The van der Waals surface area contributed by atoms with Gasteiger partial charge in [-0.15, -0.1) is 0 Å². The van der Waals surface area contributed by atoms with Crippen LogP contribution >= 0.6 is 11.3 Å². The van der Waals surface area contributed by atoms with Crippen molar-refractivity contribution in [3.8, 4) is 0 Å². The zero-order valence-electron chi connectivity index (χ0n) is 14.1. The number of aromatic nitrogens is 1.